The van der Waals surface area contributed by atoms with Gasteiger partial charge in [-0.15, -0.1) is 0 Å². The number of likely N-dealkylation sites (tertiary alicyclic amines) is 1. The first kappa shape index (κ1) is 14.2. The number of hydrogen-bond donors (Lipinski definition) is 1. The van der Waals surface area contributed by atoms with E-state index < -0.39 is 0 Å². The highest BCUT2D eigenvalue weighted by Crippen LogP contribution is 2.15. The maximum atomic E-state index is 11.1. The van der Waals surface area contributed by atoms with Gasteiger partial charge in [0, 0.05) is 19.6 Å². The molecule has 4 nitrogen and oxygen atoms in total. The molecular formula is C13H25N3O. The van der Waals surface area contributed by atoms with Gasteiger partial charge >= 0.3 is 0 Å². The van der Waals surface area contributed by atoms with E-state index in [1.165, 1.54) is 18.9 Å². The molecule has 0 aliphatic carbocycles. The zero-order valence-electron chi connectivity index (χ0n) is 11.1. The predicted molar refractivity (Wildman–Crippen MR) is 70.9 cm³/mol. The Morgan fingerprint density at radius 3 is 2.65 bits per heavy atom. The van der Waals surface area contributed by atoms with Gasteiger partial charge in [-0.25, -0.2) is 0 Å². The first-order chi connectivity index (χ1) is 8.11. The predicted octanol–water partition coefficient (Wildman–Crippen LogP) is 0.562. The van der Waals surface area contributed by atoms with Gasteiger partial charge in [0.05, 0.1) is 0 Å². The minimum atomic E-state index is -0.0555. The summed E-state index contributed by atoms with van der Waals surface area (Å²) in [6, 6.07) is 0. The number of piperidine rings is 1. The van der Waals surface area contributed by atoms with Crippen LogP contribution in [0.15, 0.2) is 12.7 Å². The molecule has 98 valence electrons. The summed E-state index contributed by atoms with van der Waals surface area (Å²) >= 11 is 0. The van der Waals surface area contributed by atoms with E-state index in [0.29, 0.717) is 5.92 Å². The molecule has 1 heterocycles. The van der Waals surface area contributed by atoms with Gasteiger partial charge in [0.1, 0.15) is 0 Å². The molecule has 4 heteroatoms. The lowest BCUT2D eigenvalue weighted by molar-refractivity contribution is -0.116. The second kappa shape index (κ2) is 7.45. The van der Waals surface area contributed by atoms with Crippen molar-refractivity contribution < 1.29 is 4.79 Å². The van der Waals surface area contributed by atoms with Crippen LogP contribution in [0.25, 0.3) is 0 Å². The third-order valence-corrected chi connectivity index (χ3v) is 3.32. The smallest absolute Gasteiger partial charge is 0.243 e. The Bertz CT molecular complexity index is 245. The molecule has 0 bridgehead atoms. The average Bonchev–Trinajstić information content (AvgIpc) is 2.34. The largest absolute Gasteiger partial charge is 0.352 e. The van der Waals surface area contributed by atoms with Crippen molar-refractivity contribution in [2.75, 3.05) is 46.8 Å². The molecule has 0 saturated carbocycles. The van der Waals surface area contributed by atoms with Crippen LogP contribution in [0.2, 0.25) is 0 Å². The Morgan fingerprint density at radius 2 is 2.12 bits per heavy atom. The van der Waals surface area contributed by atoms with Gasteiger partial charge < -0.3 is 15.1 Å². The van der Waals surface area contributed by atoms with E-state index in [-0.39, 0.29) is 5.91 Å². The minimum Gasteiger partial charge on any atom is -0.352 e. The van der Waals surface area contributed by atoms with Crippen LogP contribution in [-0.4, -0.2) is 62.5 Å². The SMILES string of the molecule is C=CC(=O)NCC1CCN(CCN(C)C)CC1. The van der Waals surface area contributed by atoms with Crippen LogP contribution in [0.3, 0.4) is 0 Å². The Labute approximate surface area is 105 Å². The highest BCUT2D eigenvalue weighted by molar-refractivity contribution is 5.86. The quantitative estimate of drug-likeness (QED) is 0.688. The van der Waals surface area contributed by atoms with E-state index in [0.717, 1.165) is 32.7 Å². The molecule has 0 aromatic rings. The lowest BCUT2D eigenvalue weighted by Crippen LogP contribution is -2.40. The van der Waals surface area contributed by atoms with Gasteiger partial charge in [-0.2, -0.15) is 0 Å². The molecule has 1 saturated heterocycles. The van der Waals surface area contributed by atoms with Crippen LogP contribution in [-0.2, 0) is 4.79 Å². The maximum Gasteiger partial charge on any atom is 0.243 e. The highest BCUT2D eigenvalue weighted by atomic mass is 16.1. The molecular weight excluding hydrogens is 214 g/mol. The summed E-state index contributed by atoms with van der Waals surface area (Å²) in [5.74, 6) is 0.578. The standard InChI is InChI=1S/C13H25N3O/c1-4-13(17)14-11-12-5-7-16(8-6-12)10-9-15(2)3/h4,12H,1,5-11H2,2-3H3,(H,14,17). The van der Waals surface area contributed by atoms with E-state index >= 15 is 0 Å². The van der Waals surface area contributed by atoms with Gasteiger partial charge in [-0.1, -0.05) is 6.58 Å². The molecule has 1 fully saturated rings. The van der Waals surface area contributed by atoms with E-state index in [2.05, 4.69) is 35.8 Å². The number of carbonyl (C=O) groups is 1. The molecule has 1 rings (SSSR count). The molecule has 1 amide bonds. The van der Waals surface area contributed by atoms with Crippen LogP contribution in [0.5, 0.6) is 0 Å². The Morgan fingerprint density at radius 1 is 1.47 bits per heavy atom. The van der Waals surface area contributed by atoms with Gasteiger partial charge in [0.15, 0.2) is 0 Å². The topological polar surface area (TPSA) is 35.6 Å². The first-order valence-corrected chi connectivity index (χ1v) is 6.39. The molecule has 0 aromatic heterocycles. The number of carbonyl (C=O) groups excluding carboxylic acids is 1. The summed E-state index contributed by atoms with van der Waals surface area (Å²) in [6.07, 6.45) is 3.71. The Hall–Kier alpha value is -0.870. The van der Waals surface area contributed by atoms with Crippen molar-refractivity contribution in [3.63, 3.8) is 0 Å². The van der Waals surface area contributed by atoms with Crippen LogP contribution in [0.4, 0.5) is 0 Å². The van der Waals surface area contributed by atoms with Crippen LogP contribution in [0.1, 0.15) is 12.8 Å². The number of amides is 1. The summed E-state index contributed by atoms with van der Waals surface area (Å²) in [5.41, 5.74) is 0. The number of nitrogens with zero attached hydrogens (tertiary/aromatic N) is 2. The van der Waals surface area contributed by atoms with Crippen molar-refractivity contribution in [2.45, 2.75) is 12.8 Å². The van der Waals surface area contributed by atoms with Gasteiger partial charge in [-0.3, -0.25) is 4.79 Å². The average molecular weight is 239 g/mol. The normalized spacial score (nSPS) is 18.3. The molecule has 1 aliphatic rings. The summed E-state index contributed by atoms with van der Waals surface area (Å²) in [7, 11) is 4.22. The highest BCUT2D eigenvalue weighted by Gasteiger charge is 2.18. The van der Waals surface area contributed by atoms with Crippen molar-refractivity contribution in [3.8, 4) is 0 Å². The number of likely N-dealkylation sites (N-methyl/N-ethyl adjacent to an activating group) is 1. The Kier molecular flexibility index (Phi) is 6.22. The zero-order chi connectivity index (χ0) is 12.7. The first-order valence-electron chi connectivity index (χ1n) is 6.39. The third-order valence-electron chi connectivity index (χ3n) is 3.32. The van der Waals surface area contributed by atoms with E-state index in [9.17, 15) is 4.79 Å². The summed E-state index contributed by atoms with van der Waals surface area (Å²) in [4.78, 5) is 15.8. The fraction of sp³-hybridized carbons (Fsp3) is 0.769. The molecule has 17 heavy (non-hydrogen) atoms. The lowest BCUT2D eigenvalue weighted by atomic mass is 9.97. The van der Waals surface area contributed by atoms with Gasteiger partial charge in [0.2, 0.25) is 5.91 Å². The molecule has 0 unspecified atom stereocenters. The second-order valence-corrected chi connectivity index (χ2v) is 5.04. The van der Waals surface area contributed by atoms with Gasteiger partial charge in [-0.05, 0) is 52.0 Å². The van der Waals surface area contributed by atoms with E-state index in [1.807, 2.05) is 0 Å². The summed E-state index contributed by atoms with van der Waals surface area (Å²) in [5, 5.41) is 2.88. The lowest BCUT2D eigenvalue weighted by Gasteiger charge is -2.32. The third kappa shape index (κ3) is 5.84. The van der Waals surface area contributed by atoms with Crippen molar-refractivity contribution in [2.24, 2.45) is 5.92 Å². The monoisotopic (exact) mass is 239 g/mol. The molecule has 0 radical (unpaired) electrons. The van der Waals surface area contributed by atoms with E-state index in [4.69, 9.17) is 0 Å². The zero-order valence-corrected chi connectivity index (χ0v) is 11.1. The number of rotatable bonds is 6. The van der Waals surface area contributed by atoms with Gasteiger partial charge in [0.25, 0.3) is 0 Å². The number of hydrogen-bond acceptors (Lipinski definition) is 3. The molecule has 0 aromatic carbocycles. The number of nitrogens with one attached hydrogen (secondary N) is 1. The van der Waals surface area contributed by atoms with Crippen molar-refractivity contribution in [1.82, 2.24) is 15.1 Å². The minimum absolute atomic E-state index is 0.0555. The molecule has 0 atom stereocenters. The van der Waals surface area contributed by atoms with Crippen molar-refractivity contribution in [3.05, 3.63) is 12.7 Å². The summed E-state index contributed by atoms with van der Waals surface area (Å²) < 4.78 is 0. The maximum absolute atomic E-state index is 11.1. The Balaban J connectivity index is 2.13. The fourth-order valence-corrected chi connectivity index (χ4v) is 2.07. The van der Waals surface area contributed by atoms with Crippen LogP contribution < -0.4 is 5.32 Å². The second-order valence-electron chi connectivity index (χ2n) is 5.04. The summed E-state index contributed by atoms with van der Waals surface area (Å²) in [6.45, 7) is 8.84. The van der Waals surface area contributed by atoms with Crippen LogP contribution in [0, 0.1) is 5.92 Å². The van der Waals surface area contributed by atoms with E-state index in [1.54, 1.807) is 0 Å². The van der Waals surface area contributed by atoms with Crippen molar-refractivity contribution in [1.29, 1.82) is 0 Å². The van der Waals surface area contributed by atoms with Crippen molar-refractivity contribution >= 4 is 5.91 Å². The van der Waals surface area contributed by atoms with Crippen LogP contribution >= 0.6 is 0 Å². The molecule has 1 N–H and O–H groups in total. The molecule has 0 spiro atoms. The fourth-order valence-electron chi connectivity index (χ4n) is 2.07. The molecule has 1 aliphatic heterocycles.